The second kappa shape index (κ2) is 9.72. The molecule has 2 aromatic heterocycles. The van der Waals surface area contributed by atoms with Gasteiger partial charge in [0, 0.05) is 17.0 Å². The Balaban J connectivity index is 1.72. The molecule has 9 heteroatoms. The van der Waals surface area contributed by atoms with Gasteiger partial charge >= 0.3 is 5.97 Å². The normalized spacial score (nSPS) is 11.3. The smallest absolute Gasteiger partial charge is 0.345 e. The first-order chi connectivity index (χ1) is 16.4. The highest BCUT2D eigenvalue weighted by molar-refractivity contribution is 7.15. The summed E-state index contributed by atoms with van der Waals surface area (Å²) in [6, 6.07) is 17.6. The number of amides is 1. The molecule has 34 heavy (non-hydrogen) atoms. The van der Waals surface area contributed by atoms with Crippen molar-refractivity contribution in [3.63, 3.8) is 0 Å². The molecule has 0 unspecified atom stereocenters. The van der Waals surface area contributed by atoms with Crippen molar-refractivity contribution >= 4 is 39.8 Å². The van der Waals surface area contributed by atoms with Crippen LogP contribution in [0.15, 0.2) is 65.8 Å². The summed E-state index contributed by atoms with van der Waals surface area (Å²) in [7, 11) is 3.14. The molecule has 4 aromatic rings. The summed E-state index contributed by atoms with van der Waals surface area (Å²) in [6.07, 6.45) is 0. The molecule has 8 nitrogen and oxygen atoms in total. The summed E-state index contributed by atoms with van der Waals surface area (Å²) in [5, 5.41) is 14.0. The lowest BCUT2D eigenvalue weighted by molar-refractivity contribution is 0.0702. The quantitative estimate of drug-likeness (QED) is 0.293. The number of carbonyl (C=O) groups excluding carboxylic acids is 1. The number of nitrogens with one attached hydrogen (secondary N) is 1. The summed E-state index contributed by atoms with van der Waals surface area (Å²) < 4.78 is 10.8. The number of hydrazone groups is 1. The first-order valence-electron chi connectivity index (χ1n) is 10.2. The monoisotopic (exact) mass is 475 g/mol. The van der Waals surface area contributed by atoms with E-state index in [1.54, 1.807) is 45.4 Å². The van der Waals surface area contributed by atoms with Crippen LogP contribution in [0.5, 0.6) is 11.5 Å². The van der Waals surface area contributed by atoms with Crippen LogP contribution in [0.25, 0.3) is 22.2 Å². The van der Waals surface area contributed by atoms with E-state index < -0.39 is 11.9 Å². The molecule has 0 aliphatic rings. The topological polar surface area (TPSA) is 110 Å². The molecule has 0 aliphatic heterocycles. The maximum Gasteiger partial charge on any atom is 0.345 e. The highest BCUT2D eigenvalue weighted by Gasteiger charge is 2.17. The molecule has 0 saturated carbocycles. The van der Waals surface area contributed by atoms with Crippen LogP contribution in [0, 0.1) is 0 Å². The van der Waals surface area contributed by atoms with Crippen molar-refractivity contribution in [3.8, 4) is 22.8 Å². The van der Waals surface area contributed by atoms with Crippen molar-refractivity contribution in [2.75, 3.05) is 14.2 Å². The minimum absolute atomic E-state index is 0.203. The van der Waals surface area contributed by atoms with Crippen LogP contribution < -0.4 is 14.9 Å². The van der Waals surface area contributed by atoms with E-state index in [-0.39, 0.29) is 4.88 Å². The van der Waals surface area contributed by atoms with Gasteiger partial charge in [-0.3, -0.25) is 4.79 Å². The number of methoxy groups -OCH3 is 2. The number of carboxylic acid groups (broad SMARTS) is 1. The number of hydrogen-bond acceptors (Lipinski definition) is 7. The van der Waals surface area contributed by atoms with Crippen molar-refractivity contribution in [2.24, 2.45) is 5.10 Å². The Labute approximate surface area is 199 Å². The molecule has 172 valence electrons. The third-order valence-electron chi connectivity index (χ3n) is 5.14. The van der Waals surface area contributed by atoms with Crippen molar-refractivity contribution < 1.29 is 24.2 Å². The number of aromatic nitrogens is 1. The molecule has 1 amide bonds. The van der Waals surface area contributed by atoms with Gasteiger partial charge in [0.05, 0.1) is 41.6 Å². The standard InChI is InChI=1S/C25H21N3O5S/c1-14(22-10-11-23(34-22)25(30)31)27-28-24(29)18-13-20(26-19-7-5-4-6-16(18)19)17-9-8-15(32-2)12-21(17)33-3/h4-13H,1-3H3,(H,28,29)(H,30,31)/b27-14-. The van der Waals surface area contributed by atoms with Crippen molar-refractivity contribution in [3.05, 3.63) is 76.0 Å². The third kappa shape index (κ3) is 4.60. The van der Waals surface area contributed by atoms with E-state index in [0.29, 0.717) is 49.8 Å². The van der Waals surface area contributed by atoms with Crippen LogP contribution in [0.2, 0.25) is 0 Å². The molecule has 4 rings (SSSR count). The van der Waals surface area contributed by atoms with Gasteiger partial charge in [0.25, 0.3) is 5.91 Å². The van der Waals surface area contributed by atoms with Crippen molar-refractivity contribution in [1.29, 1.82) is 0 Å². The number of fused-ring (bicyclic) bond motifs is 1. The lowest BCUT2D eigenvalue weighted by Crippen LogP contribution is -2.20. The highest BCUT2D eigenvalue weighted by atomic mass is 32.1. The third-order valence-corrected chi connectivity index (χ3v) is 6.33. The van der Waals surface area contributed by atoms with E-state index in [9.17, 15) is 9.59 Å². The van der Waals surface area contributed by atoms with Gasteiger partial charge < -0.3 is 14.6 Å². The molecular weight excluding hydrogens is 454 g/mol. The average molecular weight is 476 g/mol. The molecule has 0 saturated heterocycles. The summed E-state index contributed by atoms with van der Waals surface area (Å²) >= 11 is 1.09. The van der Waals surface area contributed by atoms with Crippen molar-refractivity contribution in [1.82, 2.24) is 10.4 Å². The van der Waals surface area contributed by atoms with Crippen LogP contribution in [0.3, 0.4) is 0 Å². The van der Waals surface area contributed by atoms with Crippen LogP contribution in [0.4, 0.5) is 0 Å². The van der Waals surface area contributed by atoms with Gasteiger partial charge in [0.1, 0.15) is 16.4 Å². The van der Waals surface area contributed by atoms with E-state index in [1.807, 2.05) is 30.3 Å². The van der Waals surface area contributed by atoms with E-state index in [0.717, 1.165) is 11.3 Å². The Bertz CT molecular complexity index is 1430. The summed E-state index contributed by atoms with van der Waals surface area (Å²) in [5.74, 6) is -0.211. The number of thiophene rings is 1. The number of carbonyl (C=O) groups is 2. The minimum atomic E-state index is -1.00. The molecule has 0 spiro atoms. The largest absolute Gasteiger partial charge is 0.497 e. The number of carboxylic acids is 1. The van der Waals surface area contributed by atoms with Gasteiger partial charge in [0.15, 0.2) is 0 Å². The van der Waals surface area contributed by atoms with Gasteiger partial charge in [-0.05, 0) is 43.3 Å². The molecule has 0 radical (unpaired) electrons. The highest BCUT2D eigenvalue weighted by Crippen LogP contribution is 2.34. The first-order valence-corrected chi connectivity index (χ1v) is 11.0. The van der Waals surface area contributed by atoms with Gasteiger partial charge in [-0.2, -0.15) is 5.10 Å². The van der Waals surface area contributed by atoms with Crippen LogP contribution in [0.1, 0.15) is 31.8 Å². The Kier molecular flexibility index (Phi) is 6.55. The van der Waals surface area contributed by atoms with Gasteiger partial charge in [0.2, 0.25) is 0 Å². The molecule has 2 aromatic carbocycles. The molecule has 0 fully saturated rings. The fourth-order valence-corrected chi connectivity index (χ4v) is 4.20. The molecule has 0 bridgehead atoms. The van der Waals surface area contributed by atoms with Gasteiger partial charge in [-0.15, -0.1) is 11.3 Å². The first kappa shape index (κ1) is 22.9. The Morgan fingerprint density at radius 3 is 2.47 bits per heavy atom. The van der Waals surface area contributed by atoms with Crippen LogP contribution in [-0.2, 0) is 0 Å². The maximum atomic E-state index is 13.2. The Hall–Kier alpha value is -4.24. The predicted octanol–water partition coefficient (Wildman–Crippen LogP) is 4.83. The molecule has 0 atom stereocenters. The summed E-state index contributed by atoms with van der Waals surface area (Å²) in [4.78, 5) is 29.9. The van der Waals surface area contributed by atoms with Crippen LogP contribution in [-0.4, -0.2) is 41.9 Å². The SMILES string of the molecule is COc1ccc(-c2cc(C(=O)N/N=C(/C)c3ccc(C(=O)O)s3)c3ccccc3n2)c(OC)c1. The zero-order chi connectivity index (χ0) is 24.2. The number of rotatable bonds is 7. The number of para-hydroxylation sites is 1. The summed E-state index contributed by atoms with van der Waals surface area (Å²) in [6.45, 7) is 1.70. The molecule has 2 heterocycles. The number of ether oxygens (including phenoxy) is 2. The number of benzene rings is 2. The van der Waals surface area contributed by atoms with E-state index in [1.165, 1.54) is 6.07 Å². The fraction of sp³-hybridized carbons (Fsp3) is 0.120. The lowest BCUT2D eigenvalue weighted by Gasteiger charge is -2.13. The van der Waals surface area contributed by atoms with Crippen molar-refractivity contribution in [2.45, 2.75) is 6.92 Å². The van der Waals surface area contributed by atoms with E-state index in [4.69, 9.17) is 19.6 Å². The lowest BCUT2D eigenvalue weighted by atomic mass is 10.0. The van der Waals surface area contributed by atoms with E-state index in [2.05, 4.69) is 10.5 Å². The predicted molar refractivity (Wildman–Crippen MR) is 131 cm³/mol. The van der Waals surface area contributed by atoms with Crippen LogP contribution >= 0.6 is 11.3 Å². The number of nitrogens with zero attached hydrogens (tertiary/aromatic N) is 2. The zero-order valence-corrected chi connectivity index (χ0v) is 19.5. The fourth-order valence-electron chi connectivity index (χ4n) is 3.41. The average Bonchev–Trinajstić information content (AvgIpc) is 3.37. The Morgan fingerprint density at radius 1 is 1.00 bits per heavy atom. The van der Waals surface area contributed by atoms with Gasteiger partial charge in [-0.1, -0.05) is 18.2 Å². The molecular formula is C25H21N3O5S. The number of hydrogen-bond donors (Lipinski definition) is 2. The maximum absolute atomic E-state index is 13.2. The van der Waals surface area contributed by atoms with E-state index >= 15 is 0 Å². The second-order valence-electron chi connectivity index (χ2n) is 7.25. The number of aromatic carboxylic acids is 1. The summed E-state index contributed by atoms with van der Waals surface area (Å²) in [5.41, 5.74) is 5.40. The molecule has 2 N–H and O–H groups in total. The second-order valence-corrected chi connectivity index (χ2v) is 8.33. The Morgan fingerprint density at radius 2 is 1.76 bits per heavy atom. The number of pyridine rings is 1. The zero-order valence-electron chi connectivity index (χ0n) is 18.7. The minimum Gasteiger partial charge on any atom is -0.497 e. The van der Waals surface area contributed by atoms with Gasteiger partial charge in [-0.25, -0.2) is 15.2 Å². The molecule has 0 aliphatic carbocycles.